The summed E-state index contributed by atoms with van der Waals surface area (Å²) in [6.45, 7) is 6.43. The lowest BCUT2D eigenvalue weighted by molar-refractivity contribution is 0.292. The third-order valence-electron chi connectivity index (χ3n) is 4.35. The molecule has 3 rings (SSSR count). The highest BCUT2D eigenvalue weighted by Gasteiger charge is 2.40. The number of likely N-dealkylation sites (tertiary alicyclic amines) is 1. The minimum absolute atomic E-state index is 0.350. The van der Waals surface area contributed by atoms with Crippen LogP contribution >= 0.6 is 11.6 Å². The molecule has 1 aromatic rings. The van der Waals surface area contributed by atoms with Gasteiger partial charge in [-0.1, -0.05) is 11.6 Å². The van der Waals surface area contributed by atoms with Crippen LogP contribution in [0, 0.1) is 11.8 Å². The van der Waals surface area contributed by atoms with Crippen molar-refractivity contribution in [3.63, 3.8) is 0 Å². The molecule has 0 aliphatic carbocycles. The van der Waals surface area contributed by atoms with Crippen molar-refractivity contribution >= 4 is 11.6 Å². The number of hydrogen-bond donors (Lipinski definition) is 2. The monoisotopic (exact) mass is 266 g/mol. The van der Waals surface area contributed by atoms with Gasteiger partial charge in [0.2, 0.25) is 0 Å². The third-order valence-corrected chi connectivity index (χ3v) is 4.58. The normalized spacial score (nSPS) is 31.8. The molecule has 2 aliphatic heterocycles. The second-order valence-corrected chi connectivity index (χ2v) is 6.02. The molecule has 2 saturated heterocycles. The highest BCUT2D eigenvalue weighted by Crippen LogP contribution is 2.32. The average molecular weight is 267 g/mol. The molecule has 4 heteroatoms. The smallest absolute Gasteiger partial charge is 0.120 e. The molecular weight excluding hydrogens is 248 g/mol. The summed E-state index contributed by atoms with van der Waals surface area (Å²) in [5, 5.41) is 14.1. The molecule has 18 heavy (non-hydrogen) atoms. The van der Waals surface area contributed by atoms with E-state index in [1.807, 2.05) is 6.07 Å². The number of phenols is 1. The topological polar surface area (TPSA) is 35.5 Å². The van der Waals surface area contributed by atoms with Crippen LogP contribution in [0.2, 0.25) is 5.02 Å². The standard InChI is InChI=1S/C14H19ClN2O/c1-9-13-8-17(7-11(13)5-16-9)6-10-4-12(15)2-3-14(10)18/h2-4,9,11,13,16,18H,5-8H2,1H3/t9-,11-,13-/m0/s1. The molecule has 3 nitrogen and oxygen atoms in total. The number of phenolic OH excluding ortho intramolecular Hbond substituents is 1. The Morgan fingerprint density at radius 2 is 2.28 bits per heavy atom. The van der Waals surface area contributed by atoms with E-state index in [2.05, 4.69) is 17.1 Å². The summed E-state index contributed by atoms with van der Waals surface area (Å²) in [5.41, 5.74) is 0.933. The number of benzene rings is 1. The van der Waals surface area contributed by atoms with Crippen LogP contribution in [0.4, 0.5) is 0 Å². The van der Waals surface area contributed by atoms with Gasteiger partial charge in [-0.2, -0.15) is 0 Å². The van der Waals surface area contributed by atoms with E-state index in [0.29, 0.717) is 16.8 Å². The predicted molar refractivity (Wildman–Crippen MR) is 72.8 cm³/mol. The number of aromatic hydroxyl groups is 1. The van der Waals surface area contributed by atoms with Gasteiger partial charge in [0.15, 0.2) is 0 Å². The first kappa shape index (κ1) is 12.3. The van der Waals surface area contributed by atoms with E-state index in [4.69, 9.17) is 11.6 Å². The molecule has 2 aliphatic rings. The van der Waals surface area contributed by atoms with E-state index >= 15 is 0 Å². The van der Waals surface area contributed by atoms with E-state index in [0.717, 1.165) is 43.6 Å². The molecule has 1 aromatic carbocycles. The van der Waals surface area contributed by atoms with Crippen LogP contribution < -0.4 is 5.32 Å². The van der Waals surface area contributed by atoms with Gasteiger partial charge in [0.05, 0.1) is 0 Å². The maximum absolute atomic E-state index is 9.85. The van der Waals surface area contributed by atoms with E-state index in [9.17, 15) is 5.11 Å². The van der Waals surface area contributed by atoms with Crippen molar-refractivity contribution < 1.29 is 5.11 Å². The van der Waals surface area contributed by atoms with Crippen molar-refractivity contribution in [2.75, 3.05) is 19.6 Å². The Balaban J connectivity index is 1.69. The lowest BCUT2D eigenvalue weighted by Crippen LogP contribution is -2.30. The lowest BCUT2D eigenvalue weighted by Gasteiger charge is -2.19. The molecule has 98 valence electrons. The van der Waals surface area contributed by atoms with Crippen LogP contribution in [-0.2, 0) is 6.54 Å². The summed E-state index contributed by atoms with van der Waals surface area (Å²) >= 11 is 5.98. The highest BCUT2D eigenvalue weighted by molar-refractivity contribution is 6.30. The second-order valence-electron chi connectivity index (χ2n) is 5.59. The Hall–Kier alpha value is -0.770. The number of nitrogens with zero attached hydrogens (tertiary/aromatic N) is 1. The SMILES string of the molecule is C[C@@H]1NC[C@H]2CN(Cc3cc(Cl)ccc3O)C[C@H]21. The first-order valence-electron chi connectivity index (χ1n) is 6.56. The molecule has 3 atom stereocenters. The van der Waals surface area contributed by atoms with E-state index in [-0.39, 0.29) is 0 Å². The van der Waals surface area contributed by atoms with Crippen molar-refractivity contribution in [2.24, 2.45) is 11.8 Å². The van der Waals surface area contributed by atoms with Crippen LogP contribution in [0.1, 0.15) is 12.5 Å². The van der Waals surface area contributed by atoms with Crippen LogP contribution in [0.5, 0.6) is 5.75 Å². The summed E-state index contributed by atoms with van der Waals surface area (Å²) in [7, 11) is 0. The van der Waals surface area contributed by atoms with Crippen LogP contribution in [0.3, 0.4) is 0 Å². The molecule has 0 radical (unpaired) electrons. The minimum atomic E-state index is 0.350. The van der Waals surface area contributed by atoms with Gasteiger partial charge in [-0.3, -0.25) is 4.90 Å². The Bertz CT molecular complexity index is 451. The summed E-state index contributed by atoms with van der Waals surface area (Å²) in [5.74, 6) is 1.87. The quantitative estimate of drug-likeness (QED) is 0.860. The number of rotatable bonds is 2. The van der Waals surface area contributed by atoms with Gasteiger partial charge >= 0.3 is 0 Å². The Morgan fingerprint density at radius 1 is 1.44 bits per heavy atom. The van der Waals surface area contributed by atoms with Crippen molar-refractivity contribution in [3.05, 3.63) is 28.8 Å². The summed E-state index contributed by atoms with van der Waals surface area (Å²) in [6.07, 6.45) is 0. The van der Waals surface area contributed by atoms with Crippen LogP contribution in [-0.4, -0.2) is 35.7 Å². The predicted octanol–water partition coefficient (Wildman–Crippen LogP) is 2.09. The van der Waals surface area contributed by atoms with Gasteiger partial charge in [0, 0.05) is 36.3 Å². The Kier molecular flexibility index (Phi) is 3.22. The van der Waals surface area contributed by atoms with Crippen LogP contribution in [0.25, 0.3) is 0 Å². The molecule has 0 spiro atoms. The molecule has 0 amide bonds. The van der Waals surface area contributed by atoms with Crippen molar-refractivity contribution in [3.8, 4) is 5.75 Å². The summed E-state index contributed by atoms with van der Waals surface area (Å²) in [6, 6.07) is 5.89. The van der Waals surface area contributed by atoms with Gasteiger partial charge in [0.1, 0.15) is 5.75 Å². The maximum atomic E-state index is 9.85. The summed E-state index contributed by atoms with van der Waals surface area (Å²) in [4.78, 5) is 2.43. The fourth-order valence-corrected chi connectivity index (χ4v) is 3.51. The van der Waals surface area contributed by atoms with Crippen molar-refractivity contribution in [2.45, 2.75) is 19.5 Å². The molecule has 0 bridgehead atoms. The zero-order valence-electron chi connectivity index (χ0n) is 10.6. The number of halogens is 1. The molecular formula is C14H19ClN2O. The fraction of sp³-hybridized carbons (Fsp3) is 0.571. The fourth-order valence-electron chi connectivity index (χ4n) is 3.31. The van der Waals surface area contributed by atoms with Crippen molar-refractivity contribution in [1.82, 2.24) is 10.2 Å². The second kappa shape index (κ2) is 4.72. The first-order valence-corrected chi connectivity index (χ1v) is 6.94. The zero-order valence-corrected chi connectivity index (χ0v) is 11.3. The van der Waals surface area contributed by atoms with Crippen LogP contribution in [0.15, 0.2) is 18.2 Å². The zero-order chi connectivity index (χ0) is 12.7. The van der Waals surface area contributed by atoms with Gasteiger partial charge in [-0.25, -0.2) is 0 Å². The van der Waals surface area contributed by atoms with E-state index in [1.165, 1.54) is 0 Å². The highest BCUT2D eigenvalue weighted by atomic mass is 35.5. The molecule has 2 fully saturated rings. The van der Waals surface area contributed by atoms with E-state index < -0.39 is 0 Å². The molecule has 0 aromatic heterocycles. The third kappa shape index (κ3) is 2.22. The largest absolute Gasteiger partial charge is 0.508 e. The average Bonchev–Trinajstić information content (AvgIpc) is 2.87. The van der Waals surface area contributed by atoms with Crippen molar-refractivity contribution in [1.29, 1.82) is 0 Å². The minimum Gasteiger partial charge on any atom is -0.508 e. The Labute approximate surface area is 113 Å². The number of hydrogen-bond acceptors (Lipinski definition) is 3. The van der Waals surface area contributed by atoms with Gasteiger partial charge in [0.25, 0.3) is 0 Å². The van der Waals surface area contributed by atoms with E-state index in [1.54, 1.807) is 12.1 Å². The molecule has 0 unspecified atom stereocenters. The molecule has 2 N–H and O–H groups in total. The Morgan fingerprint density at radius 3 is 3.06 bits per heavy atom. The van der Waals surface area contributed by atoms with Gasteiger partial charge < -0.3 is 10.4 Å². The molecule has 0 saturated carbocycles. The molecule has 2 heterocycles. The van der Waals surface area contributed by atoms with Gasteiger partial charge in [-0.15, -0.1) is 0 Å². The lowest BCUT2D eigenvalue weighted by atomic mass is 9.95. The van der Waals surface area contributed by atoms with Gasteiger partial charge in [-0.05, 0) is 43.5 Å². The first-order chi connectivity index (χ1) is 8.63. The number of fused-ring (bicyclic) bond motifs is 1. The maximum Gasteiger partial charge on any atom is 0.120 e. The summed E-state index contributed by atoms with van der Waals surface area (Å²) < 4.78 is 0. The number of nitrogens with one attached hydrogen (secondary N) is 1.